The van der Waals surface area contributed by atoms with Crippen LogP contribution in [0.4, 0.5) is 8.78 Å². The molecule has 1 heterocycles. The Morgan fingerprint density at radius 3 is 2.53 bits per heavy atom. The van der Waals surface area contributed by atoms with Gasteiger partial charge in [-0.15, -0.1) is 11.3 Å². The first-order valence-corrected chi connectivity index (χ1v) is 7.01. The normalized spacial score (nSPS) is 12.6. The molecule has 102 valence electrons. The van der Waals surface area contributed by atoms with Gasteiger partial charge in [-0.3, -0.25) is 11.3 Å². The van der Waals surface area contributed by atoms with Crippen molar-refractivity contribution < 1.29 is 8.78 Å². The smallest absolute Gasteiger partial charge is 0.126 e. The molecule has 1 atom stereocenters. The van der Waals surface area contributed by atoms with Crippen molar-refractivity contribution in [2.24, 2.45) is 5.84 Å². The summed E-state index contributed by atoms with van der Waals surface area (Å²) in [6, 6.07) is 7.36. The minimum absolute atomic E-state index is 0.231. The molecule has 2 nitrogen and oxygen atoms in total. The van der Waals surface area contributed by atoms with Gasteiger partial charge in [-0.25, -0.2) is 8.78 Å². The first kappa shape index (κ1) is 14.1. The second-order valence-electron chi connectivity index (χ2n) is 4.39. The Labute approximate surface area is 115 Å². The quantitative estimate of drug-likeness (QED) is 0.628. The highest BCUT2D eigenvalue weighted by Crippen LogP contribution is 2.22. The molecule has 1 aromatic heterocycles. The van der Waals surface area contributed by atoms with Crippen LogP contribution in [0.1, 0.15) is 29.3 Å². The van der Waals surface area contributed by atoms with Gasteiger partial charge in [0.25, 0.3) is 0 Å². The van der Waals surface area contributed by atoms with Crippen molar-refractivity contribution in [1.29, 1.82) is 0 Å². The van der Waals surface area contributed by atoms with Crippen LogP contribution in [0.15, 0.2) is 35.7 Å². The van der Waals surface area contributed by atoms with Crippen LogP contribution in [0.2, 0.25) is 0 Å². The van der Waals surface area contributed by atoms with Crippen molar-refractivity contribution in [3.8, 4) is 0 Å². The maximum absolute atomic E-state index is 13.2. The minimum Gasteiger partial charge on any atom is -0.271 e. The molecule has 1 unspecified atom stereocenters. The van der Waals surface area contributed by atoms with Crippen molar-refractivity contribution in [1.82, 2.24) is 5.43 Å². The van der Waals surface area contributed by atoms with Gasteiger partial charge in [0, 0.05) is 17.0 Å². The number of benzene rings is 1. The zero-order valence-electron chi connectivity index (χ0n) is 10.4. The maximum atomic E-state index is 13.2. The monoisotopic (exact) mass is 282 g/mol. The second-order valence-corrected chi connectivity index (χ2v) is 5.43. The van der Waals surface area contributed by atoms with E-state index in [0.717, 1.165) is 25.3 Å². The van der Waals surface area contributed by atoms with Gasteiger partial charge in [-0.1, -0.05) is 6.07 Å². The fourth-order valence-electron chi connectivity index (χ4n) is 2.06. The van der Waals surface area contributed by atoms with E-state index in [1.54, 1.807) is 11.3 Å². The summed E-state index contributed by atoms with van der Waals surface area (Å²) in [5.41, 5.74) is 3.17. The third-order valence-corrected chi connectivity index (χ3v) is 3.92. The van der Waals surface area contributed by atoms with Gasteiger partial charge in [-0.2, -0.15) is 0 Å². The molecule has 0 aliphatic heterocycles. The van der Waals surface area contributed by atoms with Crippen molar-refractivity contribution in [3.05, 3.63) is 57.8 Å². The van der Waals surface area contributed by atoms with Gasteiger partial charge in [0.2, 0.25) is 0 Å². The van der Waals surface area contributed by atoms with Gasteiger partial charge >= 0.3 is 0 Å². The summed E-state index contributed by atoms with van der Waals surface area (Å²) < 4.78 is 26.3. The van der Waals surface area contributed by atoms with Crippen molar-refractivity contribution in [2.75, 3.05) is 0 Å². The zero-order valence-corrected chi connectivity index (χ0v) is 11.2. The Morgan fingerprint density at radius 2 is 1.95 bits per heavy atom. The van der Waals surface area contributed by atoms with Crippen LogP contribution in [0.3, 0.4) is 0 Å². The van der Waals surface area contributed by atoms with Crippen LogP contribution in [0, 0.1) is 11.6 Å². The van der Waals surface area contributed by atoms with E-state index in [1.165, 1.54) is 17.0 Å². The fraction of sp³-hybridized carbons (Fsp3) is 0.286. The number of aryl methyl sites for hydroxylation is 1. The van der Waals surface area contributed by atoms with Crippen molar-refractivity contribution in [2.45, 2.75) is 25.3 Å². The number of halogens is 2. The minimum atomic E-state index is -0.575. The second kappa shape index (κ2) is 6.75. The van der Waals surface area contributed by atoms with E-state index in [-0.39, 0.29) is 6.04 Å². The molecule has 5 heteroatoms. The number of rotatable bonds is 6. The molecule has 0 amide bonds. The van der Waals surface area contributed by atoms with Crippen molar-refractivity contribution >= 4 is 11.3 Å². The lowest BCUT2D eigenvalue weighted by molar-refractivity contribution is 0.489. The highest BCUT2D eigenvalue weighted by molar-refractivity contribution is 7.09. The number of hydrogen-bond acceptors (Lipinski definition) is 3. The third kappa shape index (κ3) is 4.09. The maximum Gasteiger partial charge on any atom is 0.126 e. The topological polar surface area (TPSA) is 38.0 Å². The number of hydrogen-bond donors (Lipinski definition) is 2. The predicted molar refractivity (Wildman–Crippen MR) is 73.7 cm³/mol. The average molecular weight is 282 g/mol. The van der Waals surface area contributed by atoms with Gasteiger partial charge in [0.05, 0.1) is 0 Å². The summed E-state index contributed by atoms with van der Waals surface area (Å²) >= 11 is 1.71. The summed E-state index contributed by atoms with van der Waals surface area (Å²) in [4.78, 5) is 1.31. The van der Waals surface area contributed by atoms with Crippen molar-refractivity contribution in [3.63, 3.8) is 0 Å². The molecule has 2 rings (SSSR count). The van der Waals surface area contributed by atoms with Crippen LogP contribution in [-0.4, -0.2) is 0 Å². The Hall–Kier alpha value is -1.30. The number of nitrogens with one attached hydrogen (secondary N) is 1. The van der Waals surface area contributed by atoms with Crippen LogP contribution < -0.4 is 11.3 Å². The molecule has 0 saturated heterocycles. The lowest BCUT2D eigenvalue weighted by Gasteiger charge is -2.16. The highest BCUT2D eigenvalue weighted by Gasteiger charge is 2.12. The zero-order chi connectivity index (χ0) is 13.7. The van der Waals surface area contributed by atoms with E-state index in [0.29, 0.717) is 5.56 Å². The average Bonchev–Trinajstić information content (AvgIpc) is 2.86. The van der Waals surface area contributed by atoms with Gasteiger partial charge in [0.15, 0.2) is 0 Å². The molecule has 0 spiro atoms. The molecule has 2 aromatic rings. The molecule has 19 heavy (non-hydrogen) atoms. The lowest BCUT2D eigenvalue weighted by atomic mass is 10.0. The van der Waals surface area contributed by atoms with E-state index >= 15 is 0 Å². The third-order valence-electron chi connectivity index (χ3n) is 2.98. The van der Waals surface area contributed by atoms with Crippen LogP contribution in [-0.2, 0) is 6.42 Å². The number of thiophene rings is 1. The molecule has 3 N–H and O–H groups in total. The van der Waals surface area contributed by atoms with Crippen LogP contribution in [0.5, 0.6) is 0 Å². The summed E-state index contributed by atoms with van der Waals surface area (Å²) in [7, 11) is 0. The summed E-state index contributed by atoms with van der Waals surface area (Å²) in [5, 5.41) is 2.04. The van der Waals surface area contributed by atoms with Gasteiger partial charge < -0.3 is 0 Å². The molecule has 0 fully saturated rings. The Bertz CT molecular complexity index is 494. The molecule has 1 aromatic carbocycles. The van der Waals surface area contributed by atoms with E-state index in [2.05, 4.69) is 11.5 Å². The Kier molecular flexibility index (Phi) is 5.01. The lowest BCUT2D eigenvalue weighted by Crippen LogP contribution is -2.28. The summed E-state index contributed by atoms with van der Waals surface area (Å²) in [5.74, 6) is 4.32. The van der Waals surface area contributed by atoms with E-state index < -0.39 is 11.6 Å². The fourth-order valence-corrected chi connectivity index (χ4v) is 2.81. The summed E-state index contributed by atoms with van der Waals surface area (Å²) in [6.45, 7) is 0. The molecular weight excluding hydrogens is 266 g/mol. The summed E-state index contributed by atoms with van der Waals surface area (Å²) in [6.07, 6.45) is 2.60. The first-order chi connectivity index (χ1) is 9.19. The molecule has 0 bridgehead atoms. The SMILES string of the molecule is NNC(CCCc1cccs1)c1cc(F)cc(F)c1. The van der Waals surface area contributed by atoms with Gasteiger partial charge in [0.1, 0.15) is 11.6 Å². The van der Waals surface area contributed by atoms with E-state index in [1.807, 2.05) is 11.4 Å². The molecule has 0 saturated carbocycles. The molecule has 0 aliphatic rings. The van der Waals surface area contributed by atoms with Gasteiger partial charge in [-0.05, 0) is 48.4 Å². The van der Waals surface area contributed by atoms with Crippen LogP contribution in [0.25, 0.3) is 0 Å². The molecule has 0 aliphatic carbocycles. The predicted octanol–water partition coefficient (Wildman–Crippen LogP) is 3.55. The molecule has 0 radical (unpaired) electrons. The number of hydrazine groups is 1. The Balaban J connectivity index is 1.95. The standard InChI is InChI=1S/C14H16F2N2S/c15-11-7-10(8-12(16)9-11)14(18-17)5-1-3-13-4-2-6-19-13/h2,4,6-9,14,18H,1,3,5,17H2. The Morgan fingerprint density at radius 1 is 1.21 bits per heavy atom. The highest BCUT2D eigenvalue weighted by atomic mass is 32.1. The van der Waals surface area contributed by atoms with E-state index in [4.69, 9.17) is 5.84 Å². The van der Waals surface area contributed by atoms with Crippen LogP contribution >= 0.6 is 11.3 Å². The number of nitrogens with two attached hydrogens (primary N) is 1. The van der Waals surface area contributed by atoms with E-state index in [9.17, 15) is 8.78 Å². The largest absolute Gasteiger partial charge is 0.271 e. The molecular formula is C14H16F2N2S. The first-order valence-electron chi connectivity index (χ1n) is 6.13.